The number of benzene rings is 2. The maximum Gasteiger partial charge on any atom is 0.255 e. The molecule has 2 unspecified atom stereocenters. The lowest BCUT2D eigenvalue weighted by Crippen LogP contribution is -2.36. The van der Waals surface area contributed by atoms with Crippen molar-refractivity contribution in [2.24, 2.45) is 5.92 Å². The first-order valence-electron chi connectivity index (χ1n) is 12.2. The molecule has 2 heterocycles. The Morgan fingerprint density at radius 3 is 2.56 bits per heavy atom. The maximum absolute atomic E-state index is 13.5. The number of hydrogen-bond acceptors (Lipinski definition) is 4. The molecule has 1 aliphatic carbocycles. The molecule has 0 radical (unpaired) electrons. The Hall–Kier alpha value is -3.28. The van der Waals surface area contributed by atoms with Gasteiger partial charge >= 0.3 is 0 Å². The van der Waals surface area contributed by atoms with Gasteiger partial charge in [-0.1, -0.05) is 49.4 Å². The summed E-state index contributed by atoms with van der Waals surface area (Å²) in [6, 6.07) is 16.3. The summed E-state index contributed by atoms with van der Waals surface area (Å²) in [4.78, 5) is 25.4. The van der Waals surface area contributed by atoms with Crippen molar-refractivity contribution in [1.82, 2.24) is 15.3 Å². The monoisotopic (exact) mass is 458 g/mol. The number of aromatic nitrogens is 2. The van der Waals surface area contributed by atoms with E-state index in [-0.39, 0.29) is 23.2 Å². The van der Waals surface area contributed by atoms with Gasteiger partial charge in [-0.05, 0) is 61.8 Å². The fraction of sp³-hybridized carbons (Fsp3) is 0.393. The molecule has 176 valence electrons. The molecule has 3 aromatic rings. The minimum absolute atomic E-state index is 0.201. The Balaban J connectivity index is 1.50. The second-order valence-corrected chi connectivity index (χ2v) is 9.82. The molecule has 2 aliphatic rings. The highest BCUT2D eigenvalue weighted by molar-refractivity contribution is 5.96. The number of amides is 1. The van der Waals surface area contributed by atoms with Crippen LogP contribution in [-0.2, 0) is 5.41 Å². The van der Waals surface area contributed by atoms with Crippen LogP contribution < -0.4 is 10.2 Å². The lowest BCUT2D eigenvalue weighted by molar-refractivity contribution is 0.0937. The normalized spacial score (nSPS) is 20.0. The summed E-state index contributed by atoms with van der Waals surface area (Å²) in [6.07, 6.45) is 5.96. The Kier molecular flexibility index (Phi) is 6.07. The molecule has 2 aromatic carbocycles. The highest BCUT2D eigenvalue weighted by Crippen LogP contribution is 2.54. The van der Waals surface area contributed by atoms with Gasteiger partial charge in [0, 0.05) is 24.7 Å². The Bertz CT molecular complexity index is 1160. The van der Waals surface area contributed by atoms with Crippen molar-refractivity contribution < 1.29 is 9.18 Å². The lowest BCUT2D eigenvalue weighted by Gasteiger charge is -2.32. The average molecular weight is 459 g/mol. The summed E-state index contributed by atoms with van der Waals surface area (Å²) in [6.45, 7) is 6.04. The first-order valence-corrected chi connectivity index (χ1v) is 12.2. The van der Waals surface area contributed by atoms with E-state index in [2.05, 4.69) is 34.3 Å². The zero-order valence-corrected chi connectivity index (χ0v) is 19.8. The third kappa shape index (κ3) is 4.41. The molecule has 1 saturated carbocycles. The topological polar surface area (TPSA) is 58.1 Å². The smallest absolute Gasteiger partial charge is 0.255 e. The molecular formula is C28H31FN4O. The standard InChI is InChI=1S/C28H31FN4O/c1-19-7-6-16-33(18-19)27-30-17-24(26(34)31-20(2)21-10-12-23(29)13-11-21)25(32-27)28(14-15-28)22-8-4-3-5-9-22/h3-5,8-13,17,19-20H,6-7,14-16,18H2,1-2H3,(H,31,34). The van der Waals surface area contributed by atoms with Gasteiger partial charge in [0.15, 0.2) is 0 Å². The van der Waals surface area contributed by atoms with Gasteiger partial charge in [-0.2, -0.15) is 0 Å². The van der Waals surface area contributed by atoms with Crippen LogP contribution >= 0.6 is 0 Å². The third-order valence-corrected chi connectivity index (χ3v) is 7.21. The van der Waals surface area contributed by atoms with Crippen LogP contribution in [0.2, 0.25) is 0 Å². The number of carbonyl (C=O) groups excluding carboxylic acids is 1. The van der Waals surface area contributed by atoms with Gasteiger partial charge in [0.05, 0.1) is 17.3 Å². The summed E-state index contributed by atoms with van der Waals surface area (Å²) in [5, 5.41) is 3.07. The first kappa shape index (κ1) is 22.5. The summed E-state index contributed by atoms with van der Waals surface area (Å²) in [7, 11) is 0. The summed E-state index contributed by atoms with van der Waals surface area (Å²) in [5.41, 5.74) is 3.11. The number of rotatable bonds is 6. The quantitative estimate of drug-likeness (QED) is 0.536. The largest absolute Gasteiger partial charge is 0.345 e. The van der Waals surface area contributed by atoms with E-state index in [9.17, 15) is 9.18 Å². The Labute approximate surface area is 200 Å². The molecule has 5 rings (SSSR count). The van der Waals surface area contributed by atoms with E-state index in [0.717, 1.165) is 43.6 Å². The average Bonchev–Trinajstić information content (AvgIpc) is 3.67. The molecule has 2 atom stereocenters. The number of nitrogens with one attached hydrogen (secondary N) is 1. The second kappa shape index (κ2) is 9.16. The molecule has 1 aromatic heterocycles. The Morgan fingerprint density at radius 2 is 1.88 bits per heavy atom. The van der Waals surface area contributed by atoms with Crippen LogP contribution in [0.4, 0.5) is 10.3 Å². The predicted octanol–water partition coefficient (Wildman–Crippen LogP) is 5.42. The molecule has 1 N–H and O–H groups in total. The van der Waals surface area contributed by atoms with Crippen molar-refractivity contribution in [2.45, 2.75) is 51.0 Å². The minimum Gasteiger partial charge on any atom is -0.345 e. The summed E-state index contributed by atoms with van der Waals surface area (Å²) >= 11 is 0. The minimum atomic E-state index is -0.292. The number of halogens is 1. The fourth-order valence-corrected chi connectivity index (χ4v) is 5.08. The van der Waals surface area contributed by atoms with Crippen molar-refractivity contribution >= 4 is 11.9 Å². The van der Waals surface area contributed by atoms with Crippen LogP contribution in [0.1, 0.15) is 72.8 Å². The van der Waals surface area contributed by atoms with Crippen LogP contribution in [0.5, 0.6) is 0 Å². The summed E-state index contributed by atoms with van der Waals surface area (Å²) < 4.78 is 13.3. The van der Waals surface area contributed by atoms with E-state index >= 15 is 0 Å². The SMILES string of the molecule is CC1CCCN(c2ncc(C(=O)NC(C)c3ccc(F)cc3)c(C3(c4ccccc4)CC3)n2)C1. The van der Waals surface area contributed by atoms with Gasteiger partial charge < -0.3 is 10.2 Å². The third-order valence-electron chi connectivity index (χ3n) is 7.21. The van der Waals surface area contributed by atoms with Gasteiger partial charge in [0.25, 0.3) is 5.91 Å². The van der Waals surface area contributed by atoms with E-state index in [1.54, 1.807) is 18.3 Å². The maximum atomic E-state index is 13.5. The molecule has 1 saturated heterocycles. The van der Waals surface area contributed by atoms with E-state index in [4.69, 9.17) is 4.98 Å². The van der Waals surface area contributed by atoms with E-state index in [0.29, 0.717) is 17.4 Å². The van der Waals surface area contributed by atoms with Crippen LogP contribution in [0, 0.1) is 11.7 Å². The number of hydrogen-bond donors (Lipinski definition) is 1. The van der Waals surface area contributed by atoms with E-state index in [1.807, 2.05) is 25.1 Å². The molecule has 5 nitrogen and oxygen atoms in total. The number of piperidine rings is 1. The Morgan fingerprint density at radius 1 is 1.15 bits per heavy atom. The molecule has 0 bridgehead atoms. The fourth-order valence-electron chi connectivity index (χ4n) is 5.08. The molecule has 2 fully saturated rings. The molecule has 34 heavy (non-hydrogen) atoms. The predicted molar refractivity (Wildman–Crippen MR) is 131 cm³/mol. The van der Waals surface area contributed by atoms with Crippen LogP contribution in [0.15, 0.2) is 60.8 Å². The molecule has 6 heteroatoms. The second-order valence-electron chi connectivity index (χ2n) is 9.82. The van der Waals surface area contributed by atoms with E-state index < -0.39 is 0 Å². The van der Waals surface area contributed by atoms with Crippen LogP contribution in [0.25, 0.3) is 0 Å². The van der Waals surface area contributed by atoms with Crippen molar-refractivity contribution in [3.05, 3.63) is 89.0 Å². The summed E-state index contributed by atoms with van der Waals surface area (Å²) in [5.74, 6) is 0.822. The first-order chi connectivity index (χ1) is 16.5. The number of anilines is 1. The molecule has 1 aliphatic heterocycles. The molecule has 1 amide bonds. The van der Waals surface area contributed by atoms with Crippen molar-refractivity contribution in [1.29, 1.82) is 0 Å². The van der Waals surface area contributed by atoms with Crippen LogP contribution in [0.3, 0.4) is 0 Å². The highest BCUT2D eigenvalue weighted by Gasteiger charge is 2.49. The lowest BCUT2D eigenvalue weighted by atomic mass is 9.89. The van der Waals surface area contributed by atoms with Crippen molar-refractivity contribution in [3.8, 4) is 0 Å². The van der Waals surface area contributed by atoms with Gasteiger partial charge in [-0.15, -0.1) is 0 Å². The van der Waals surface area contributed by atoms with Crippen molar-refractivity contribution in [2.75, 3.05) is 18.0 Å². The van der Waals surface area contributed by atoms with Gasteiger partial charge in [0.2, 0.25) is 5.95 Å². The van der Waals surface area contributed by atoms with Gasteiger partial charge in [-0.25, -0.2) is 14.4 Å². The van der Waals surface area contributed by atoms with Gasteiger partial charge in [-0.3, -0.25) is 4.79 Å². The van der Waals surface area contributed by atoms with Gasteiger partial charge in [0.1, 0.15) is 5.82 Å². The van der Waals surface area contributed by atoms with Crippen LogP contribution in [-0.4, -0.2) is 29.0 Å². The number of carbonyl (C=O) groups is 1. The highest BCUT2D eigenvalue weighted by atomic mass is 19.1. The van der Waals surface area contributed by atoms with E-state index in [1.165, 1.54) is 24.1 Å². The zero-order valence-electron chi connectivity index (χ0n) is 19.8. The zero-order chi connectivity index (χ0) is 23.7. The van der Waals surface area contributed by atoms with Crippen molar-refractivity contribution in [3.63, 3.8) is 0 Å². The number of nitrogens with zero attached hydrogens (tertiary/aromatic N) is 3. The molecule has 0 spiro atoms. The molecular weight excluding hydrogens is 427 g/mol.